The third-order valence-electron chi connectivity index (χ3n) is 9.21. The number of hydrogen-bond donors (Lipinski definition) is 0. The van der Waals surface area contributed by atoms with E-state index in [9.17, 15) is 0 Å². The summed E-state index contributed by atoms with van der Waals surface area (Å²) in [4.78, 5) is 0. The molecule has 0 bridgehead atoms. The van der Waals surface area contributed by atoms with Crippen LogP contribution in [0.3, 0.4) is 0 Å². The summed E-state index contributed by atoms with van der Waals surface area (Å²) < 4.78 is 6.23. The first-order valence-corrected chi connectivity index (χ1v) is 23.8. The van der Waals surface area contributed by atoms with Crippen LogP contribution < -0.4 is 10.7 Å². The van der Waals surface area contributed by atoms with Gasteiger partial charge >= 0.3 is 195 Å². The Hall–Kier alpha value is -1.54. The van der Waals surface area contributed by atoms with Crippen LogP contribution in [-0.4, -0.2) is 18.4 Å². The van der Waals surface area contributed by atoms with E-state index in [2.05, 4.69) is 97.9 Å². The third kappa shape index (κ3) is 12.7. The molecule has 0 fully saturated rings. The van der Waals surface area contributed by atoms with E-state index in [1.807, 2.05) is 0 Å². The van der Waals surface area contributed by atoms with Crippen molar-refractivity contribution in [3.63, 3.8) is 0 Å². The third-order valence-corrected chi connectivity index (χ3v) is 23.6. The zero-order chi connectivity index (χ0) is 28.7. The Bertz CT molecular complexity index is 884. The van der Waals surface area contributed by atoms with E-state index in [0.717, 1.165) is 0 Å². The Labute approximate surface area is 258 Å². The van der Waals surface area contributed by atoms with Crippen molar-refractivity contribution in [3.8, 4) is 0 Å². The molecular formula is C40H60Sn. The zero-order valence-corrected chi connectivity index (χ0v) is 29.4. The summed E-state index contributed by atoms with van der Waals surface area (Å²) in [7, 11) is 0. The van der Waals surface area contributed by atoms with E-state index < -0.39 is 18.4 Å². The van der Waals surface area contributed by atoms with Crippen LogP contribution in [0.1, 0.15) is 135 Å². The molecule has 0 spiro atoms. The van der Waals surface area contributed by atoms with Crippen LogP contribution in [0, 0.1) is 0 Å². The van der Waals surface area contributed by atoms with Crippen LogP contribution in [0.25, 0.3) is 0 Å². The fraction of sp³-hybridized carbons (Fsp3) is 0.550. The molecule has 0 heterocycles. The molecule has 1 heteroatoms. The second-order valence-corrected chi connectivity index (χ2v) is 24.0. The molecule has 0 nitrogen and oxygen atoms in total. The predicted molar refractivity (Wildman–Crippen MR) is 187 cm³/mol. The van der Waals surface area contributed by atoms with Gasteiger partial charge < -0.3 is 0 Å². The van der Waals surface area contributed by atoms with E-state index in [1.54, 1.807) is 10.7 Å². The summed E-state index contributed by atoms with van der Waals surface area (Å²) in [6.45, 7) is 2.30. The fourth-order valence-corrected chi connectivity index (χ4v) is 20.8. The molecule has 0 aliphatic rings. The van der Waals surface area contributed by atoms with Crippen molar-refractivity contribution in [1.82, 2.24) is 0 Å². The van der Waals surface area contributed by atoms with Gasteiger partial charge in [-0.1, -0.05) is 64.7 Å². The molecule has 0 saturated carbocycles. The first-order chi connectivity index (χ1) is 20.4. The van der Waals surface area contributed by atoms with Crippen LogP contribution in [0.15, 0.2) is 91.0 Å². The van der Waals surface area contributed by atoms with Crippen molar-refractivity contribution in [3.05, 3.63) is 91.0 Å². The molecule has 0 aliphatic carbocycles. The van der Waals surface area contributed by atoms with Crippen LogP contribution in [0.2, 0.25) is 4.44 Å². The Morgan fingerprint density at radius 3 is 0.829 bits per heavy atom. The second kappa shape index (κ2) is 22.1. The van der Waals surface area contributed by atoms with Gasteiger partial charge in [-0.05, 0) is 0 Å². The minimum absolute atomic E-state index is 1.35. The van der Waals surface area contributed by atoms with Crippen LogP contribution >= 0.6 is 0 Å². The Kier molecular flexibility index (Phi) is 18.3. The normalized spacial score (nSPS) is 11.6. The number of rotatable bonds is 24. The summed E-state index contributed by atoms with van der Waals surface area (Å²) in [6, 6.07) is 34.6. The molecule has 3 aromatic rings. The van der Waals surface area contributed by atoms with Crippen molar-refractivity contribution in [1.29, 1.82) is 0 Å². The van der Waals surface area contributed by atoms with Crippen LogP contribution in [0.4, 0.5) is 0 Å². The Balaban J connectivity index is 1.29. The van der Waals surface area contributed by atoms with Crippen molar-refractivity contribution >= 4 is 29.1 Å². The average Bonchev–Trinajstić information content (AvgIpc) is 3.03. The first-order valence-electron chi connectivity index (χ1n) is 17.5. The van der Waals surface area contributed by atoms with Gasteiger partial charge in [-0.3, -0.25) is 0 Å². The molecular weight excluding hydrogens is 599 g/mol. The molecule has 0 N–H and O–H groups in total. The Morgan fingerprint density at radius 2 is 0.561 bits per heavy atom. The zero-order valence-electron chi connectivity index (χ0n) is 26.5. The van der Waals surface area contributed by atoms with Crippen molar-refractivity contribution < 1.29 is 0 Å². The SMILES string of the molecule is CCCCCCCCCCCCCCCCCCCCC[CH2][Sn]([c]1ccccc1)([c]1ccccc1)[c]1ccccc1. The molecule has 224 valence electrons. The average molecular weight is 660 g/mol. The number of unbranched alkanes of at least 4 members (excludes halogenated alkanes) is 19. The van der Waals surface area contributed by atoms with E-state index in [4.69, 9.17) is 0 Å². The number of hydrogen-bond acceptors (Lipinski definition) is 0. The molecule has 0 atom stereocenters. The van der Waals surface area contributed by atoms with Gasteiger partial charge in [0.2, 0.25) is 0 Å². The molecule has 3 aromatic carbocycles. The molecule has 0 radical (unpaired) electrons. The summed E-state index contributed by atoms with van der Waals surface area (Å²) in [5.41, 5.74) is 0. The van der Waals surface area contributed by atoms with Crippen molar-refractivity contribution in [2.75, 3.05) is 0 Å². The summed E-state index contributed by atoms with van der Waals surface area (Å²) in [5, 5.41) is 0. The maximum absolute atomic E-state index is 3.04. The summed E-state index contributed by atoms with van der Waals surface area (Å²) in [5.74, 6) is 0. The van der Waals surface area contributed by atoms with Gasteiger partial charge in [0.25, 0.3) is 0 Å². The number of benzene rings is 3. The monoisotopic (exact) mass is 660 g/mol. The Morgan fingerprint density at radius 1 is 0.317 bits per heavy atom. The summed E-state index contributed by atoms with van der Waals surface area (Å²) in [6.07, 6.45) is 28.8. The van der Waals surface area contributed by atoms with Gasteiger partial charge in [0.05, 0.1) is 0 Å². The molecule has 0 aliphatic heterocycles. The van der Waals surface area contributed by atoms with Crippen LogP contribution in [0.5, 0.6) is 0 Å². The minimum atomic E-state index is -3.04. The van der Waals surface area contributed by atoms with Gasteiger partial charge in [-0.2, -0.15) is 0 Å². The van der Waals surface area contributed by atoms with Crippen molar-refractivity contribution in [2.24, 2.45) is 0 Å². The fourth-order valence-electron chi connectivity index (χ4n) is 6.75. The molecule has 0 unspecified atom stereocenters. The van der Waals surface area contributed by atoms with Gasteiger partial charge in [0.1, 0.15) is 0 Å². The predicted octanol–water partition coefficient (Wildman–Crippen LogP) is 11.0. The standard InChI is InChI=1S/C22H45.3C6H5.Sn/c1-3-5-7-9-11-13-15-17-19-21-22-20-18-16-14-12-10-8-6-4-2;3*1-2-4-6-5-3-1;/h1,3-22H2,2H3;3*1-5H;. The van der Waals surface area contributed by atoms with Gasteiger partial charge in [0, 0.05) is 0 Å². The molecule has 0 saturated heterocycles. The molecule has 3 rings (SSSR count). The molecule has 41 heavy (non-hydrogen) atoms. The van der Waals surface area contributed by atoms with Gasteiger partial charge in [-0.15, -0.1) is 0 Å². The second-order valence-electron chi connectivity index (χ2n) is 12.5. The van der Waals surface area contributed by atoms with Crippen molar-refractivity contribution in [2.45, 2.75) is 140 Å². The van der Waals surface area contributed by atoms with E-state index >= 15 is 0 Å². The maximum atomic E-state index is 2.42. The van der Waals surface area contributed by atoms with Gasteiger partial charge in [0.15, 0.2) is 0 Å². The van der Waals surface area contributed by atoms with Crippen LogP contribution in [-0.2, 0) is 0 Å². The van der Waals surface area contributed by atoms with Gasteiger partial charge in [-0.25, -0.2) is 0 Å². The first kappa shape index (κ1) is 34.0. The summed E-state index contributed by atoms with van der Waals surface area (Å²) >= 11 is -3.04. The topological polar surface area (TPSA) is 0 Å². The van der Waals surface area contributed by atoms with E-state index in [0.29, 0.717) is 0 Å². The van der Waals surface area contributed by atoms with E-state index in [-0.39, 0.29) is 0 Å². The molecule has 0 aromatic heterocycles. The molecule has 0 amide bonds. The quantitative estimate of drug-likeness (QED) is 0.0663. The van der Waals surface area contributed by atoms with E-state index in [1.165, 1.54) is 133 Å².